The van der Waals surface area contributed by atoms with Gasteiger partial charge in [-0.1, -0.05) is 19.3 Å². The number of nitrogen functional groups attached to an aromatic ring is 1. The Kier molecular flexibility index (Phi) is 4.62. The van der Waals surface area contributed by atoms with E-state index in [4.69, 9.17) is 5.73 Å². The van der Waals surface area contributed by atoms with Gasteiger partial charge in [0.15, 0.2) is 0 Å². The third kappa shape index (κ3) is 3.28. The lowest BCUT2D eigenvalue weighted by molar-refractivity contribution is 0.0867. The first-order valence-corrected chi connectivity index (χ1v) is 8.28. The van der Waals surface area contributed by atoms with Gasteiger partial charge in [-0.15, -0.1) is 0 Å². The largest absolute Gasteiger partial charge is 0.396 e. The second-order valence-corrected chi connectivity index (χ2v) is 7.17. The molecule has 4 N–H and O–H groups in total. The molecule has 1 aromatic heterocycles. The molecule has 0 unspecified atom stereocenters. The molecule has 0 spiro atoms. The van der Waals surface area contributed by atoms with Crippen LogP contribution in [0.4, 0.5) is 5.82 Å². The van der Waals surface area contributed by atoms with E-state index in [2.05, 4.69) is 9.71 Å². The predicted molar refractivity (Wildman–Crippen MR) is 76.4 cm³/mol. The van der Waals surface area contributed by atoms with Crippen molar-refractivity contribution in [2.45, 2.75) is 37.0 Å². The molecule has 1 aliphatic rings. The van der Waals surface area contributed by atoms with E-state index in [1.807, 2.05) is 0 Å². The van der Waals surface area contributed by atoms with Crippen LogP contribution in [-0.4, -0.2) is 31.7 Å². The maximum Gasteiger partial charge on any atom is 0.244 e. The van der Waals surface area contributed by atoms with Crippen LogP contribution in [0.2, 0.25) is 0 Å². The van der Waals surface area contributed by atoms with Gasteiger partial charge in [-0.2, -0.15) is 0 Å². The van der Waals surface area contributed by atoms with Crippen LogP contribution in [0.15, 0.2) is 23.2 Å². The van der Waals surface area contributed by atoms with Crippen molar-refractivity contribution < 1.29 is 13.5 Å². The number of nitrogens with zero attached hydrogens (tertiary/aromatic N) is 1. The van der Waals surface area contributed by atoms with Crippen molar-refractivity contribution >= 4 is 15.8 Å². The molecule has 112 valence electrons. The summed E-state index contributed by atoms with van der Waals surface area (Å²) in [5.74, 6) is -0.0123. The zero-order valence-electron chi connectivity index (χ0n) is 11.4. The van der Waals surface area contributed by atoms with Crippen molar-refractivity contribution in [1.29, 1.82) is 0 Å². The van der Waals surface area contributed by atoms with Gasteiger partial charge >= 0.3 is 0 Å². The van der Waals surface area contributed by atoms with Gasteiger partial charge in [-0.05, 0) is 25.0 Å². The summed E-state index contributed by atoms with van der Waals surface area (Å²) in [5, 5.41) is 9.59. The average Bonchev–Trinajstić information content (AvgIpc) is 2.47. The Hall–Kier alpha value is -1.18. The first-order valence-electron chi connectivity index (χ1n) is 6.80. The van der Waals surface area contributed by atoms with Crippen molar-refractivity contribution in [2.24, 2.45) is 5.41 Å². The summed E-state index contributed by atoms with van der Waals surface area (Å²) in [4.78, 5) is 3.78. The molecule has 0 saturated heterocycles. The second-order valence-electron chi connectivity index (χ2n) is 5.43. The molecule has 1 aliphatic carbocycles. The van der Waals surface area contributed by atoms with E-state index in [1.54, 1.807) is 0 Å². The van der Waals surface area contributed by atoms with E-state index >= 15 is 0 Å². The van der Waals surface area contributed by atoms with Gasteiger partial charge in [-0.3, -0.25) is 0 Å². The van der Waals surface area contributed by atoms with Crippen LogP contribution in [0.5, 0.6) is 0 Å². The van der Waals surface area contributed by atoms with Crippen molar-refractivity contribution in [1.82, 2.24) is 9.71 Å². The van der Waals surface area contributed by atoms with E-state index in [9.17, 15) is 13.5 Å². The number of anilines is 1. The van der Waals surface area contributed by atoms with Crippen molar-refractivity contribution in [3.8, 4) is 0 Å². The highest BCUT2D eigenvalue weighted by Crippen LogP contribution is 2.35. The fourth-order valence-electron chi connectivity index (χ4n) is 2.65. The van der Waals surface area contributed by atoms with E-state index < -0.39 is 10.0 Å². The number of aliphatic hydroxyl groups is 1. The lowest BCUT2D eigenvalue weighted by Crippen LogP contribution is -2.41. The summed E-state index contributed by atoms with van der Waals surface area (Å²) in [7, 11) is -3.69. The molecule has 6 nitrogen and oxygen atoms in total. The summed E-state index contributed by atoms with van der Waals surface area (Å²) in [6.45, 7) is 0.234. The number of aliphatic hydroxyl groups excluding tert-OH is 1. The lowest BCUT2D eigenvalue weighted by atomic mass is 9.75. The lowest BCUT2D eigenvalue weighted by Gasteiger charge is -2.35. The highest BCUT2D eigenvalue weighted by molar-refractivity contribution is 7.89. The van der Waals surface area contributed by atoms with Crippen LogP contribution in [0.1, 0.15) is 32.1 Å². The molecule has 1 heterocycles. The van der Waals surface area contributed by atoms with E-state index in [0.717, 1.165) is 32.1 Å². The number of aromatic nitrogens is 1. The quantitative estimate of drug-likeness (QED) is 0.748. The highest BCUT2D eigenvalue weighted by Gasteiger charge is 2.33. The summed E-state index contributed by atoms with van der Waals surface area (Å²) >= 11 is 0. The van der Waals surface area contributed by atoms with Crippen LogP contribution in [0.3, 0.4) is 0 Å². The van der Waals surface area contributed by atoms with Gasteiger partial charge in [0.2, 0.25) is 10.0 Å². The topological polar surface area (TPSA) is 105 Å². The molecule has 0 atom stereocenters. The molecular weight excluding hydrogens is 278 g/mol. The minimum Gasteiger partial charge on any atom is -0.396 e. The van der Waals surface area contributed by atoms with Gasteiger partial charge in [-0.25, -0.2) is 18.1 Å². The zero-order valence-corrected chi connectivity index (χ0v) is 12.2. The maximum atomic E-state index is 12.2. The molecule has 0 radical (unpaired) electrons. The van der Waals surface area contributed by atoms with E-state index in [0.29, 0.717) is 0 Å². The van der Waals surface area contributed by atoms with Crippen molar-refractivity contribution in [3.05, 3.63) is 18.3 Å². The molecule has 20 heavy (non-hydrogen) atoms. The van der Waals surface area contributed by atoms with Gasteiger partial charge in [0.25, 0.3) is 0 Å². The number of pyridine rings is 1. The third-order valence-corrected chi connectivity index (χ3v) is 5.42. The maximum absolute atomic E-state index is 12.2. The zero-order chi connectivity index (χ0) is 14.6. The number of hydrogen-bond acceptors (Lipinski definition) is 5. The average molecular weight is 299 g/mol. The summed E-state index contributed by atoms with van der Waals surface area (Å²) in [5.41, 5.74) is 5.26. The summed E-state index contributed by atoms with van der Waals surface area (Å²) in [6, 6.07) is 2.96. The number of nitrogens with one attached hydrogen (secondary N) is 1. The molecule has 0 aliphatic heterocycles. The Balaban J connectivity index is 2.11. The van der Waals surface area contributed by atoms with Crippen LogP contribution in [0.25, 0.3) is 0 Å². The standard InChI is InChI=1S/C13H21N3O3S/c14-12-11(5-4-8-15-12)20(18,19)16-9-13(10-17)6-2-1-3-7-13/h4-5,8,16-17H,1-3,6-7,9-10H2,(H2,14,15). The first-order chi connectivity index (χ1) is 9.49. The normalized spacial score (nSPS) is 18.9. The molecule has 0 aromatic carbocycles. The van der Waals surface area contributed by atoms with Crippen molar-refractivity contribution in [2.75, 3.05) is 18.9 Å². The van der Waals surface area contributed by atoms with E-state index in [1.165, 1.54) is 18.3 Å². The van der Waals surface area contributed by atoms with Gasteiger partial charge in [0.05, 0.1) is 0 Å². The minimum absolute atomic E-state index is 0.00194. The molecule has 2 rings (SSSR count). The molecule has 7 heteroatoms. The molecule has 0 bridgehead atoms. The fourth-order valence-corrected chi connectivity index (χ4v) is 3.89. The summed E-state index contributed by atoms with van der Waals surface area (Å²) in [6.07, 6.45) is 6.33. The first kappa shape index (κ1) is 15.2. The molecule has 1 saturated carbocycles. The monoisotopic (exact) mass is 299 g/mol. The van der Waals surface area contributed by atoms with Crippen LogP contribution in [-0.2, 0) is 10.0 Å². The number of hydrogen-bond donors (Lipinski definition) is 3. The smallest absolute Gasteiger partial charge is 0.244 e. The Labute approximate surface area is 119 Å². The van der Waals surface area contributed by atoms with Gasteiger partial charge < -0.3 is 10.8 Å². The molecule has 1 aromatic rings. The highest BCUT2D eigenvalue weighted by atomic mass is 32.2. The van der Waals surface area contributed by atoms with Crippen LogP contribution in [0, 0.1) is 5.41 Å². The second kappa shape index (κ2) is 6.07. The van der Waals surface area contributed by atoms with Crippen LogP contribution >= 0.6 is 0 Å². The Morgan fingerprint density at radius 1 is 1.35 bits per heavy atom. The fraction of sp³-hybridized carbons (Fsp3) is 0.615. The minimum atomic E-state index is -3.69. The summed E-state index contributed by atoms with van der Waals surface area (Å²) < 4.78 is 27.1. The van der Waals surface area contributed by atoms with Crippen LogP contribution < -0.4 is 10.5 Å². The Morgan fingerprint density at radius 3 is 2.65 bits per heavy atom. The molecule has 1 fully saturated rings. The molecule has 0 amide bonds. The van der Waals surface area contributed by atoms with Gasteiger partial charge in [0.1, 0.15) is 10.7 Å². The van der Waals surface area contributed by atoms with Gasteiger partial charge in [0, 0.05) is 24.8 Å². The van der Waals surface area contributed by atoms with Crippen molar-refractivity contribution in [3.63, 3.8) is 0 Å². The number of nitrogens with two attached hydrogens (primary N) is 1. The SMILES string of the molecule is Nc1ncccc1S(=O)(=O)NCC1(CO)CCCCC1. The van der Waals surface area contributed by atoms with E-state index in [-0.39, 0.29) is 29.3 Å². The number of rotatable bonds is 5. The Morgan fingerprint density at radius 2 is 2.05 bits per heavy atom. The molecular formula is C13H21N3O3S. The number of sulfonamides is 1. The Bertz CT molecular complexity index is 554. The third-order valence-electron chi connectivity index (χ3n) is 3.98. The predicted octanol–water partition coefficient (Wildman–Crippen LogP) is 0.885.